The maximum atomic E-state index is 8.84. The van der Waals surface area contributed by atoms with Crippen molar-refractivity contribution in [3.63, 3.8) is 0 Å². The average molecular weight is 271 g/mol. The molecule has 1 atom stereocenters. The number of thiazole rings is 1. The Kier molecular flexibility index (Phi) is 4.21. The van der Waals surface area contributed by atoms with Crippen LogP contribution in [0.5, 0.6) is 0 Å². The number of piperidine rings is 1. The van der Waals surface area contributed by atoms with E-state index in [4.69, 9.17) is 16.9 Å². The molecule has 0 aliphatic carbocycles. The summed E-state index contributed by atoms with van der Waals surface area (Å²) in [6.45, 7) is 2.01. The monoisotopic (exact) mass is 270 g/mol. The summed E-state index contributed by atoms with van der Waals surface area (Å²) in [5, 5.41) is 13.5. The molecule has 1 aromatic rings. The molecule has 0 bridgehead atoms. The first-order chi connectivity index (χ1) is 8.20. The molecule has 1 unspecified atom stereocenters. The number of nitrogens with one attached hydrogen (secondary N) is 1. The number of nitriles is 1. The first-order valence-electron chi connectivity index (χ1n) is 5.71. The second-order valence-electron chi connectivity index (χ2n) is 4.26. The summed E-state index contributed by atoms with van der Waals surface area (Å²) in [4.78, 5) is 6.77. The first kappa shape index (κ1) is 12.6. The average Bonchev–Trinajstić information content (AvgIpc) is 2.72. The van der Waals surface area contributed by atoms with E-state index in [1.807, 2.05) is 7.05 Å². The van der Waals surface area contributed by atoms with Gasteiger partial charge in [-0.05, 0) is 19.4 Å². The molecule has 17 heavy (non-hydrogen) atoms. The summed E-state index contributed by atoms with van der Waals surface area (Å²) in [7, 11) is 1.99. The van der Waals surface area contributed by atoms with Gasteiger partial charge < -0.3 is 10.2 Å². The number of aromatic nitrogens is 1. The molecule has 1 saturated heterocycles. The van der Waals surface area contributed by atoms with Crippen LogP contribution in [0.2, 0.25) is 5.15 Å². The fourth-order valence-electron chi connectivity index (χ4n) is 2.01. The Morgan fingerprint density at radius 1 is 1.65 bits per heavy atom. The van der Waals surface area contributed by atoms with Crippen LogP contribution in [0.4, 0.5) is 5.13 Å². The van der Waals surface area contributed by atoms with E-state index in [-0.39, 0.29) is 0 Å². The predicted octanol–water partition coefficient (Wildman–Crippen LogP) is 2.25. The zero-order valence-corrected chi connectivity index (χ0v) is 11.3. The van der Waals surface area contributed by atoms with Gasteiger partial charge in [0.1, 0.15) is 10.9 Å². The molecule has 1 fully saturated rings. The summed E-state index contributed by atoms with van der Waals surface area (Å²) in [6.07, 6.45) is 3.75. The Morgan fingerprint density at radius 3 is 3.06 bits per heavy atom. The number of anilines is 1. The van der Waals surface area contributed by atoms with Gasteiger partial charge in [-0.25, -0.2) is 4.98 Å². The summed E-state index contributed by atoms with van der Waals surface area (Å²) in [6, 6.07) is 2.57. The van der Waals surface area contributed by atoms with Gasteiger partial charge in [0.15, 0.2) is 10.3 Å². The van der Waals surface area contributed by atoms with Crippen LogP contribution in [0.15, 0.2) is 0 Å². The maximum absolute atomic E-state index is 8.84. The molecule has 0 spiro atoms. The van der Waals surface area contributed by atoms with Crippen LogP contribution in [0, 0.1) is 11.3 Å². The molecule has 2 heterocycles. The highest BCUT2D eigenvalue weighted by atomic mass is 35.5. The van der Waals surface area contributed by atoms with Gasteiger partial charge in [-0.3, -0.25) is 0 Å². The number of hydrogen-bond donors (Lipinski definition) is 1. The highest BCUT2D eigenvalue weighted by molar-refractivity contribution is 7.16. The smallest absolute Gasteiger partial charge is 0.187 e. The zero-order chi connectivity index (χ0) is 12.3. The highest BCUT2D eigenvalue weighted by Crippen LogP contribution is 2.28. The SMILES string of the molecule is CN(CC1CCCCN1)c1nc(Cl)c(C#N)s1. The molecule has 0 amide bonds. The summed E-state index contributed by atoms with van der Waals surface area (Å²) >= 11 is 7.22. The summed E-state index contributed by atoms with van der Waals surface area (Å²) in [5.41, 5.74) is 0. The molecule has 0 radical (unpaired) electrons. The van der Waals surface area contributed by atoms with Gasteiger partial charge in [-0.15, -0.1) is 0 Å². The Morgan fingerprint density at radius 2 is 2.47 bits per heavy atom. The van der Waals surface area contributed by atoms with Crippen LogP contribution in [0.25, 0.3) is 0 Å². The van der Waals surface area contributed by atoms with E-state index in [0.717, 1.165) is 18.2 Å². The van der Waals surface area contributed by atoms with E-state index in [0.29, 0.717) is 16.1 Å². The molecule has 2 rings (SSSR count). The van der Waals surface area contributed by atoms with Gasteiger partial charge in [0, 0.05) is 19.6 Å². The van der Waals surface area contributed by atoms with Gasteiger partial charge in [0.2, 0.25) is 0 Å². The van der Waals surface area contributed by atoms with Crippen molar-refractivity contribution in [1.82, 2.24) is 10.3 Å². The maximum Gasteiger partial charge on any atom is 0.187 e. The standard InChI is InChI=1S/C11H15ClN4S/c1-16(7-8-4-2-3-5-14-8)11-15-10(12)9(6-13)17-11/h8,14H,2-5,7H2,1H3. The topological polar surface area (TPSA) is 52.0 Å². The minimum Gasteiger partial charge on any atom is -0.350 e. The van der Waals surface area contributed by atoms with Gasteiger partial charge in [-0.2, -0.15) is 5.26 Å². The van der Waals surface area contributed by atoms with Crippen LogP contribution in [0.3, 0.4) is 0 Å². The van der Waals surface area contributed by atoms with Crippen molar-refractivity contribution in [2.75, 3.05) is 25.0 Å². The van der Waals surface area contributed by atoms with Crippen molar-refractivity contribution in [3.05, 3.63) is 10.0 Å². The van der Waals surface area contributed by atoms with Crippen LogP contribution >= 0.6 is 22.9 Å². The third-order valence-electron chi connectivity index (χ3n) is 2.91. The lowest BCUT2D eigenvalue weighted by Gasteiger charge is -2.27. The second kappa shape index (κ2) is 5.67. The van der Waals surface area contributed by atoms with Crippen molar-refractivity contribution in [2.45, 2.75) is 25.3 Å². The zero-order valence-electron chi connectivity index (χ0n) is 9.74. The van der Waals surface area contributed by atoms with Crippen molar-refractivity contribution in [3.8, 4) is 6.07 Å². The Hall–Kier alpha value is -0.830. The molecule has 4 nitrogen and oxygen atoms in total. The van der Waals surface area contributed by atoms with Crippen LogP contribution in [-0.2, 0) is 0 Å². The van der Waals surface area contributed by atoms with Crippen LogP contribution in [-0.4, -0.2) is 31.2 Å². The number of nitrogens with zero attached hydrogens (tertiary/aromatic N) is 3. The third-order valence-corrected chi connectivity index (χ3v) is 4.37. The van der Waals surface area contributed by atoms with Gasteiger partial charge in [0.05, 0.1) is 0 Å². The number of hydrogen-bond acceptors (Lipinski definition) is 5. The van der Waals surface area contributed by atoms with Crippen molar-refractivity contribution in [1.29, 1.82) is 5.26 Å². The van der Waals surface area contributed by atoms with Gasteiger partial charge >= 0.3 is 0 Å². The molecule has 6 heteroatoms. The molecule has 1 aromatic heterocycles. The van der Waals surface area contributed by atoms with Crippen molar-refractivity contribution < 1.29 is 0 Å². The van der Waals surface area contributed by atoms with Crippen molar-refractivity contribution in [2.24, 2.45) is 0 Å². The quantitative estimate of drug-likeness (QED) is 0.915. The first-order valence-corrected chi connectivity index (χ1v) is 6.91. The molecule has 1 aliphatic rings. The van der Waals surface area contributed by atoms with Crippen LogP contribution in [0.1, 0.15) is 24.1 Å². The number of halogens is 1. The molecule has 1 aliphatic heterocycles. The van der Waals surface area contributed by atoms with E-state index >= 15 is 0 Å². The molecule has 1 N–H and O–H groups in total. The number of rotatable bonds is 3. The molecule has 92 valence electrons. The normalized spacial score (nSPS) is 19.9. The largest absolute Gasteiger partial charge is 0.350 e. The van der Waals surface area contributed by atoms with Crippen molar-refractivity contribution >= 4 is 28.1 Å². The lowest BCUT2D eigenvalue weighted by molar-refractivity contribution is 0.403. The molecule has 0 aromatic carbocycles. The highest BCUT2D eigenvalue weighted by Gasteiger charge is 2.18. The summed E-state index contributed by atoms with van der Waals surface area (Å²) < 4.78 is 0. The summed E-state index contributed by atoms with van der Waals surface area (Å²) in [5.74, 6) is 0. The van der Waals surface area contributed by atoms with E-state index < -0.39 is 0 Å². The lowest BCUT2D eigenvalue weighted by atomic mass is 10.1. The van der Waals surface area contributed by atoms with Gasteiger partial charge in [-0.1, -0.05) is 29.4 Å². The molecule has 0 saturated carbocycles. The Labute approximate surface area is 110 Å². The minimum atomic E-state index is 0.316. The predicted molar refractivity (Wildman–Crippen MR) is 70.8 cm³/mol. The van der Waals surface area contributed by atoms with Gasteiger partial charge in [0.25, 0.3) is 0 Å². The fraction of sp³-hybridized carbons (Fsp3) is 0.636. The van der Waals surface area contributed by atoms with E-state index in [1.54, 1.807) is 0 Å². The molecular weight excluding hydrogens is 256 g/mol. The second-order valence-corrected chi connectivity index (χ2v) is 5.59. The fourth-order valence-corrected chi connectivity index (χ4v) is 3.03. The minimum absolute atomic E-state index is 0.316. The Bertz CT molecular complexity index is 420. The van der Waals surface area contributed by atoms with E-state index in [1.165, 1.54) is 30.6 Å². The van der Waals surface area contributed by atoms with E-state index in [9.17, 15) is 0 Å². The lowest BCUT2D eigenvalue weighted by Crippen LogP contribution is -2.42. The Balaban J connectivity index is 1.98. The van der Waals surface area contributed by atoms with Crippen LogP contribution < -0.4 is 10.2 Å². The van der Waals surface area contributed by atoms with E-state index in [2.05, 4.69) is 21.3 Å². The molecular formula is C11H15ClN4S. The third kappa shape index (κ3) is 3.09. The number of likely N-dealkylation sites (N-methyl/N-ethyl adjacent to an activating group) is 1.